The summed E-state index contributed by atoms with van der Waals surface area (Å²) in [5.74, 6) is -0.622. The first-order chi connectivity index (χ1) is 9.40. The van der Waals surface area contributed by atoms with Gasteiger partial charge in [-0.1, -0.05) is 11.6 Å². The molecule has 1 rings (SSSR count). The second-order valence-electron chi connectivity index (χ2n) is 4.67. The van der Waals surface area contributed by atoms with Crippen molar-refractivity contribution >= 4 is 23.3 Å². The molecule has 0 aliphatic heterocycles. The standard InChI is InChI=1S/C13H18ClFN2O3/c1-13(5-6-18,8-20-2)17-12(19)16-11-4-3-9(14)7-10(11)15/h3-4,7,18H,5-6,8H2,1-2H3,(H2,16,17,19). The van der Waals surface area contributed by atoms with Gasteiger partial charge in [0.05, 0.1) is 17.8 Å². The number of halogens is 2. The Bertz CT molecular complexity index is 465. The van der Waals surface area contributed by atoms with Crippen LogP contribution in [0.25, 0.3) is 0 Å². The molecule has 1 unspecified atom stereocenters. The van der Waals surface area contributed by atoms with Crippen LogP contribution in [-0.4, -0.2) is 37.0 Å². The van der Waals surface area contributed by atoms with E-state index in [-0.39, 0.29) is 23.9 Å². The molecule has 0 aliphatic rings. The number of urea groups is 1. The normalized spacial score (nSPS) is 13.7. The maximum atomic E-state index is 13.5. The number of amides is 2. The van der Waals surface area contributed by atoms with Gasteiger partial charge in [0.1, 0.15) is 5.82 Å². The van der Waals surface area contributed by atoms with Crippen molar-refractivity contribution in [2.45, 2.75) is 18.9 Å². The molecule has 3 N–H and O–H groups in total. The summed E-state index contributed by atoms with van der Waals surface area (Å²) in [5.41, 5.74) is -0.716. The van der Waals surface area contributed by atoms with Gasteiger partial charge in [-0.3, -0.25) is 0 Å². The van der Waals surface area contributed by atoms with Crippen LogP contribution in [0.2, 0.25) is 5.02 Å². The van der Waals surface area contributed by atoms with Gasteiger partial charge in [-0.25, -0.2) is 9.18 Å². The first-order valence-electron chi connectivity index (χ1n) is 6.04. The first kappa shape index (κ1) is 16.7. The largest absolute Gasteiger partial charge is 0.396 e. The molecule has 2 amide bonds. The van der Waals surface area contributed by atoms with Gasteiger partial charge in [-0.05, 0) is 31.5 Å². The number of hydrogen-bond acceptors (Lipinski definition) is 3. The Hall–Kier alpha value is -1.37. The van der Waals surface area contributed by atoms with Gasteiger partial charge in [0.2, 0.25) is 0 Å². The summed E-state index contributed by atoms with van der Waals surface area (Å²) in [4.78, 5) is 11.9. The van der Waals surface area contributed by atoms with E-state index in [0.717, 1.165) is 6.07 Å². The van der Waals surface area contributed by atoms with Crippen LogP contribution in [-0.2, 0) is 4.74 Å². The molecule has 0 aromatic heterocycles. The van der Waals surface area contributed by atoms with Crippen LogP contribution in [0.15, 0.2) is 18.2 Å². The van der Waals surface area contributed by atoms with E-state index in [2.05, 4.69) is 10.6 Å². The van der Waals surface area contributed by atoms with Crippen LogP contribution in [0, 0.1) is 5.82 Å². The Balaban J connectivity index is 2.70. The Morgan fingerprint density at radius 3 is 2.80 bits per heavy atom. The average molecular weight is 305 g/mol. The van der Waals surface area contributed by atoms with Gasteiger partial charge in [0, 0.05) is 18.7 Å². The molecule has 0 saturated heterocycles. The van der Waals surface area contributed by atoms with Crippen molar-refractivity contribution in [3.63, 3.8) is 0 Å². The first-order valence-corrected chi connectivity index (χ1v) is 6.42. The summed E-state index contributed by atoms with van der Waals surface area (Å²) in [6.45, 7) is 1.85. The lowest BCUT2D eigenvalue weighted by molar-refractivity contribution is 0.104. The molecule has 0 fully saturated rings. The Kier molecular flexibility index (Phi) is 6.19. The van der Waals surface area contributed by atoms with Crippen LogP contribution in [0.5, 0.6) is 0 Å². The lowest BCUT2D eigenvalue weighted by atomic mass is 10.00. The van der Waals surface area contributed by atoms with Crippen LogP contribution < -0.4 is 10.6 Å². The highest BCUT2D eigenvalue weighted by atomic mass is 35.5. The number of aliphatic hydroxyl groups excluding tert-OH is 1. The molecule has 0 saturated carbocycles. The second kappa shape index (κ2) is 7.42. The Morgan fingerprint density at radius 1 is 1.55 bits per heavy atom. The third kappa shape index (κ3) is 4.96. The Labute approximate surface area is 122 Å². The highest BCUT2D eigenvalue weighted by Crippen LogP contribution is 2.19. The predicted molar refractivity (Wildman–Crippen MR) is 75.5 cm³/mol. The van der Waals surface area contributed by atoms with Gasteiger partial charge in [0.25, 0.3) is 0 Å². The van der Waals surface area contributed by atoms with E-state index < -0.39 is 17.4 Å². The average Bonchev–Trinajstić information content (AvgIpc) is 2.33. The molecule has 112 valence electrons. The Morgan fingerprint density at radius 2 is 2.25 bits per heavy atom. The SMILES string of the molecule is COCC(C)(CCO)NC(=O)Nc1ccc(Cl)cc1F. The summed E-state index contributed by atoms with van der Waals surface area (Å²) in [6.07, 6.45) is 0.317. The minimum absolute atomic E-state index is 0.0238. The molecule has 0 aliphatic carbocycles. The third-order valence-corrected chi connectivity index (χ3v) is 2.96. The molecule has 1 aromatic carbocycles. The number of aliphatic hydroxyl groups is 1. The van der Waals surface area contributed by atoms with Gasteiger partial charge < -0.3 is 20.5 Å². The monoisotopic (exact) mass is 304 g/mol. The zero-order valence-corrected chi connectivity index (χ0v) is 12.1. The molecular weight excluding hydrogens is 287 g/mol. The van der Waals surface area contributed by atoms with Crippen molar-refractivity contribution in [3.8, 4) is 0 Å². The van der Waals surface area contributed by atoms with Crippen LogP contribution in [0.3, 0.4) is 0 Å². The van der Waals surface area contributed by atoms with Gasteiger partial charge >= 0.3 is 6.03 Å². The molecule has 1 atom stereocenters. The highest BCUT2D eigenvalue weighted by Gasteiger charge is 2.26. The second-order valence-corrected chi connectivity index (χ2v) is 5.11. The summed E-state index contributed by atoms with van der Waals surface area (Å²) < 4.78 is 18.6. The number of nitrogens with one attached hydrogen (secondary N) is 2. The topological polar surface area (TPSA) is 70.6 Å². The van der Waals surface area contributed by atoms with E-state index >= 15 is 0 Å². The van der Waals surface area contributed by atoms with E-state index in [0.29, 0.717) is 6.42 Å². The van der Waals surface area contributed by atoms with E-state index in [1.54, 1.807) is 6.92 Å². The van der Waals surface area contributed by atoms with Crippen molar-refractivity contribution in [3.05, 3.63) is 29.0 Å². The fourth-order valence-corrected chi connectivity index (χ4v) is 1.91. The van der Waals surface area contributed by atoms with Crippen LogP contribution in [0.4, 0.5) is 14.9 Å². The smallest absolute Gasteiger partial charge is 0.319 e. The van der Waals surface area contributed by atoms with Gasteiger partial charge in [-0.2, -0.15) is 0 Å². The minimum Gasteiger partial charge on any atom is -0.396 e. The highest BCUT2D eigenvalue weighted by molar-refractivity contribution is 6.30. The van der Waals surface area contributed by atoms with Crippen molar-refractivity contribution in [1.29, 1.82) is 0 Å². The molecule has 0 bridgehead atoms. The number of benzene rings is 1. The molecular formula is C13H18ClFN2O3. The number of anilines is 1. The maximum absolute atomic E-state index is 13.5. The molecule has 0 heterocycles. The number of hydrogen-bond donors (Lipinski definition) is 3. The van der Waals surface area contributed by atoms with E-state index in [4.69, 9.17) is 21.4 Å². The number of carbonyl (C=O) groups excluding carboxylic acids is 1. The number of methoxy groups -OCH3 is 1. The third-order valence-electron chi connectivity index (χ3n) is 2.72. The fourth-order valence-electron chi connectivity index (χ4n) is 1.75. The summed E-state index contributed by atoms with van der Waals surface area (Å²) in [6, 6.07) is 3.37. The number of rotatable bonds is 6. The van der Waals surface area contributed by atoms with E-state index in [1.165, 1.54) is 19.2 Å². The van der Waals surface area contributed by atoms with Crippen LogP contribution in [0.1, 0.15) is 13.3 Å². The fraction of sp³-hybridized carbons (Fsp3) is 0.462. The summed E-state index contributed by atoms with van der Waals surface area (Å²) in [7, 11) is 1.49. The molecule has 0 spiro atoms. The van der Waals surface area contributed by atoms with Crippen molar-refractivity contribution in [2.75, 3.05) is 25.6 Å². The van der Waals surface area contributed by atoms with Gasteiger partial charge in [0.15, 0.2) is 0 Å². The van der Waals surface area contributed by atoms with Crippen LogP contribution >= 0.6 is 11.6 Å². The zero-order valence-electron chi connectivity index (χ0n) is 11.4. The maximum Gasteiger partial charge on any atom is 0.319 e. The minimum atomic E-state index is -0.740. The summed E-state index contributed by atoms with van der Waals surface area (Å²) >= 11 is 5.63. The predicted octanol–water partition coefficient (Wildman–Crippen LogP) is 2.39. The lowest BCUT2D eigenvalue weighted by Crippen LogP contribution is -2.51. The molecule has 5 nitrogen and oxygen atoms in total. The van der Waals surface area contributed by atoms with Crippen molar-refractivity contribution < 1.29 is 19.0 Å². The van der Waals surface area contributed by atoms with Crippen molar-refractivity contribution in [1.82, 2.24) is 5.32 Å². The number of carbonyl (C=O) groups is 1. The number of ether oxygens (including phenoxy) is 1. The molecule has 20 heavy (non-hydrogen) atoms. The van der Waals surface area contributed by atoms with E-state index in [1.807, 2.05) is 0 Å². The van der Waals surface area contributed by atoms with Crippen molar-refractivity contribution in [2.24, 2.45) is 0 Å². The quantitative estimate of drug-likeness (QED) is 0.756. The molecule has 0 radical (unpaired) electrons. The molecule has 1 aromatic rings. The van der Waals surface area contributed by atoms with E-state index in [9.17, 15) is 9.18 Å². The zero-order chi connectivity index (χ0) is 15.2. The lowest BCUT2D eigenvalue weighted by Gasteiger charge is -2.29. The van der Waals surface area contributed by atoms with Gasteiger partial charge in [-0.15, -0.1) is 0 Å². The summed E-state index contributed by atoms with van der Waals surface area (Å²) in [5, 5.41) is 14.3. The molecule has 7 heteroatoms.